The van der Waals surface area contributed by atoms with Crippen LogP contribution in [0, 0.1) is 6.92 Å². The van der Waals surface area contributed by atoms with Crippen molar-refractivity contribution < 1.29 is 23.9 Å². The fourth-order valence-corrected chi connectivity index (χ4v) is 1.32. The number of hydrogen-bond acceptors (Lipinski definition) is 6. The van der Waals surface area contributed by atoms with E-state index < -0.39 is 0 Å². The molecule has 0 unspecified atom stereocenters. The van der Waals surface area contributed by atoms with Gasteiger partial charge in [0.25, 0.3) is 11.8 Å². The second-order valence-corrected chi connectivity index (χ2v) is 3.66. The van der Waals surface area contributed by atoms with E-state index in [9.17, 15) is 4.79 Å². The van der Waals surface area contributed by atoms with Crippen LogP contribution in [0.4, 0.5) is 0 Å². The lowest BCUT2D eigenvalue weighted by atomic mass is 10.4. The minimum absolute atomic E-state index is 0.0987. The summed E-state index contributed by atoms with van der Waals surface area (Å²) in [5.41, 5.74) is 0. The Labute approximate surface area is 105 Å². The summed E-state index contributed by atoms with van der Waals surface area (Å²) in [4.78, 5) is 13.3. The number of nitrogens with zero attached hydrogens (tertiary/aromatic N) is 2. The number of aromatic nitrogens is 1. The van der Waals surface area contributed by atoms with Crippen molar-refractivity contribution in [2.75, 3.05) is 40.0 Å². The molecule has 7 heteroatoms. The molecule has 0 bridgehead atoms. The van der Waals surface area contributed by atoms with Crippen LogP contribution in [0.5, 0.6) is 5.88 Å². The number of methoxy groups -OCH3 is 1. The Bertz CT molecular complexity index is 366. The zero-order valence-electron chi connectivity index (χ0n) is 10.6. The number of amides is 1. The van der Waals surface area contributed by atoms with Crippen LogP contribution in [-0.2, 0) is 9.53 Å². The van der Waals surface area contributed by atoms with E-state index in [1.807, 2.05) is 0 Å². The van der Waals surface area contributed by atoms with E-state index in [2.05, 4.69) is 5.16 Å². The van der Waals surface area contributed by atoms with Crippen molar-refractivity contribution in [1.82, 2.24) is 10.1 Å². The maximum atomic E-state index is 11.8. The van der Waals surface area contributed by atoms with Gasteiger partial charge in [0.2, 0.25) is 0 Å². The zero-order chi connectivity index (χ0) is 13.4. The molecule has 7 nitrogen and oxygen atoms in total. The van der Waals surface area contributed by atoms with Crippen LogP contribution in [0.2, 0.25) is 0 Å². The minimum Gasteiger partial charge on any atom is -0.465 e. The molecule has 1 aromatic rings. The van der Waals surface area contributed by atoms with Gasteiger partial charge in [0.05, 0.1) is 13.2 Å². The van der Waals surface area contributed by atoms with Crippen LogP contribution < -0.4 is 4.74 Å². The van der Waals surface area contributed by atoms with Crippen molar-refractivity contribution in [3.05, 3.63) is 11.8 Å². The smallest absolute Gasteiger partial charge is 0.260 e. The topological polar surface area (TPSA) is 85.0 Å². The third kappa shape index (κ3) is 4.72. The summed E-state index contributed by atoms with van der Waals surface area (Å²) in [6.07, 6.45) is 0. The largest absolute Gasteiger partial charge is 0.465 e. The molecule has 0 aliphatic heterocycles. The molecule has 0 aliphatic rings. The second kappa shape index (κ2) is 7.67. The van der Waals surface area contributed by atoms with Gasteiger partial charge in [0.15, 0.2) is 6.61 Å². The zero-order valence-corrected chi connectivity index (χ0v) is 10.6. The van der Waals surface area contributed by atoms with Gasteiger partial charge in [-0.1, -0.05) is 0 Å². The van der Waals surface area contributed by atoms with Gasteiger partial charge in [-0.25, -0.2) is 0 Å². The number of aryl methyl sites for hydroxylation is 1. The summed E-state index contributed by atoms with van der Waals surface area (Å²) < 4.78 is 14.9. The number of carbonyl (C=O) groups excluding carboxylic acids is 1. The van der Waals surface area contributed by atoms with Gasteiger partial charge < -0.3 is 24.0 Å². The first-order valence-corrected chi connectivity index (χ1v) is 5.61. The Kier molecular flexibility index (Phi) is 6.16. The first kappa shape index (κ1) is 14.5. The molecule has 0 aliphatic carbocycles. The molecular weight excluding hydrogens is 240 g/mol. The van der Waals surface area contributed by atoms with Crippen molar-refractivity contribution in [2.45, 2.75) is 6.92 Å². The summed E-state index contributed by atoms with van der Waals surface area (Å²) in [6.45, 7) is 2.57. The van der Waals surface area contributed by atoms with E-state index in [4.69, 9.17) is 19.1 Å². The summed E-state index contributed by atoms with van der Waals surface area (Å²) in [7, 11) is 1.55. The first-order valence-electron chi connectivity index (χ1n) is 5.61. The minimum atomic E-state index is -0.234. The predicted molar refractivity (Wildman–Crippen MR) is 62.3 cm³/mol. The third-order valence-electron chi connectivity index (χ3n) is 2.24. The average Bonchev–Trinajstić information content (AvgIpc) is 2.77. The maximum absolute atomic E-state index is 11.8. The van der Waals surface area contributed by atoms with Crippen LogP contribution in [0.15, 0.2) is 10.6 Å². The van der Waals surface area contributed by atoms with Crippen molar-refractivity contribution in [2.24, 2.45) is 0 Å². The van der Waals surface area contributed by atoms with Crippen LogP contribution >= 0.6 is 0 Å². The Morgan fingerprint density at radius 2 is 2.33 bits per heavy atom. The van der Waals surface area contributed by atoms with E-state index >= 15 is 0 Å². The van der Waals surface area contributed by atoms with E-state index in [1.54, 1.807) is 20.1 Å². The Balaban J connectivity index is 2.40. The molecule has 0 saturated heterocycles. The molecule has 0 radical (unpaired) electrons. The van der Waals surface area contributed by atoms with Crippen LogP contribution in [0.1, 0.15) is 5.76 Å². The molecule has 1 N–H and O–H groups in total. The van der Waals surface area contributed by atoms with Gasteiger partial charge in [-0.05, 0) is 12.1 Å². The second-order valence-electron chi connectivity index (χ2n) is 3.66. The molecule has 0 spiro atoms. The highest BCUT2D eigenvalue weighted by Crippen LogP contribution is 2.09. The standard InChI is InChI=1S/C11H18N2O5/c1-9-7-10(12-18-9)17-8-11(15)13(3-5-14)4-6-16-2/h7,14H,3-6,8H2,1-2H3. The highest BCUT2D eigenvalue weighted by Gasteiger charge is 2.14. The molecule has 0 atom stereocenters. The quantitative estimate of drug-likeness (QED) is 0.696. The molecular formula is C11H18N2O5. The van der Waals surface area contributed by atoms with Gasteiger partial charge in [0, 0.05) is 26.3 Å². The molecule has 0 fully saturated rings. The summed E-state index contributed by atoms with van der Waals surface area (Å²) in [6, 6.07) is 1.60. The molecule has 1 heterocycles. The monoisotopic (exact) mass is 258 g/mol. The van der Waals surface area contributed by atoms with Crippen LogP contribution in [0.25, 0.3) is 0 Å². The molecule has 1 aromatic heterocycles. The lowest BCUT2D eigenvalue weighted by Gasteiger charge is -2.20. The number of aliphatic hydroxyl groups excluding tert-OH is 1. The van der Waals surface area contributed by atoms with Crippen LogP contribution in [-0.4, -0.2) is 61.1 Å². The third-order valence-corrected chi connectivity index (χ3v) is 2.24. The SMILES string of the molecule is COCCN(CCO)C(=O)COc1cc(C)on1. The van der Waals surface area contributed by atoms with Crippen molar-refractivity contribution in [1.29, 1.82) is 0 Å². The molecule has 1 amide bonds. The molecule has 18 heavy (non-hydrogen) atoms. The lowest BCUT2D eigenvalue weighted by molar-refractivity contribution is -0.134. The number of rotatable bonds is 8. The number of hydrogen-bond donors (Lipinski definition) is 1. The predicted octanol–water partition coefficient (Wildman–Crippen LogP) is -0.171. The molecule has 102 valence electrons. The fraction of sp³-hybridized carbons (Fsp3) is 0.636. The maximum Gasteiger partial charge on any atom is 0.260 e. The van der Waals surface area contributed by atoms with Crippen molar-refractivity contribution in [3.8, 4) is 5.88 Å². The van der Waals surface area contributed by atoms with E-state index in [1.165, 1.54) is 4.90 Å². The van der Waals surface area contributed by atoms with E-state index in [-0.39, 0.29) is 31.5 Å². The Morgan fingerprint density at radius 3 is 2.89 bits per heavy atom. The average molecular weight is 258 g/mol. The summed E-state index contributed by atoms with van der Waals surface area (Å²) >= 11 is 0. The van der Waals surface area contributed by atoms with Crippen LogP contribution in [0.3, 0.4) is 0 Å². The van der Waals surface area contributed by atoms with Gasteiger partial charge in [-0.2, -0.15) is 0 Å². The highest BCUT2D eigenvalue weighted by atomic mass is 16.5. The Hall–Kier alpha value is -1.60. The summed E-state index contributed by atoms with van der Waals surface area (Å²) in [5, 5.41) is 12.5. The fourth-order valence-electron chi connectivity index (χ4n) is 1.32. The number of aliphatic hydroxyl groups is 1. The number of carbonyl (C=O) groups is 1. The number of ether oxygens (including phenoxy) is 2. The van der Waals surface area contributed by atoms with Gasteiger partial charge in [-0.3, -0.25) is 4.79 Å². The highest BCUT2D eigenvalue weighted by molar-refractivity contribution is 5.77. The van der Waals surface area contributed by atoms with E-state index in [0.29, 0.717) is 18.9 Å². The van der Waals surface area contributed by atoms with Crippen molar-refractivity contribution in [3.63, 3.8) is 0 Å². The normalized spacial score (nSPS) is 10.4. The van der Waals surface area contributed by atoms with Crippen molar-refractivity contribution >= 4 is 5.91 Å². The van der Waals surface area contributed by atoms with Gasteiger partial charge in [-0.15, -0.1) is 0 Å². The van der Waals surface area contributed by atoms with Gasteiger partial charge in [0.1, 0.15) is 5.76 Å². The molecule has 0 saturated carbocycles. The Morgan fingerprint density at radius 1 is 1.56 bits per heavy atom. The molecule has 0 aromatic carbocycles. The van der Waals surface area contributed by atoms with Gasteiger partial charge >= 0.3 is 0 Å². The first-order chi connectivity index (χ1) is 8.67. The van der Waals surface area contributed by atoms with E-state index in [0.717, 1.165) is 0 Å². The molecule has 1 rings (SSSR count). The summed E-state index contributed by atoms with van der Waals surface area (Å²) in [5.74, 6) is 0.655. The lowest BCUT2D eigenvalue weighted by Crippen LogP contribution is -2.39.